The molecule has 2 fully saturated rings. The van der Waals surface area contributed by atoms with Crippen LogP contribution in [0, 0.1) is 5.41 Å². The van der Waals surface area contributed by atoms with Gasteiger partial charge in [0.1, 0.15) is 5.82 Å². The summed E-state index contributed by atoms with van der Waals surface area (Å²) < 4.78 is 0. The SMILES string of the molecule is CCCC(=N)N[C@@H]1CCCC[C@@H]1Nc1nc(C(=O)NC2CCCCCC2)nc2ccc(Cl)cc12.Cl.Cl. The van der Waals surface area contributed by atoms with Crippen molar-refractivity contribution in [1.29, 1.82) is 5.41 Å². The molecule has 0 bridgehead atoms. The lowest BCUT2D eigenvalue weighted by Gasteiger charge is -2.34. The molecule has 4 rings (SSSR count). The highest BCUT2D eigenvalue weighted by Gasteiger charge is 2.27. The van der Waals surface area contributed by atoms with Gasteiger partial charge < -0.3 is 16.0 Å². The highest BCUT2D eigenvalue weighted by Crippen LogP contribution is 2.28. The molecule has 0 unspecified atom stereocenters. The molecule has 10 heteroatoms. The molecule has 1 amide bonds. The van der Waals surface area contributed by atoms with Gasteiger partial charge >= 0.3 is 0 Å². The second-order valence-corrected chi connectivity index (χ2v) is 10.2. The predicted octanol–water partition coefficient (Wildman–Crippen LogP) is 6.67. The maximum atomic E-state index is 13.1. The molecule has 0 spiro atoms. The number of rotatable bonds is 7. The van der Waals surface area contributed by atoms with Crippen LogP contribution >= 0.6 is 36.4 Å². The number of fused-ring (bicyclic) bond motifs is 1. The molecule has 2 aromatic rings. The number of nitrogens with one attached hydrogen (secondary N) is 4. The summed E-state index contributed by atoms with van der Waals surface area (Å²) in [7, 11) is 0. The molecule has 2 aliphatic rings. The number of carbonyl (C=O) groups excluding carboxylic acids is 1. The van der Waals surface area contributed by atoms with Crippen LogP contribution in [0.25, 0.3) is 10.9 Å². The average molecular weight is 558 g/mol. The lowest BCUT2D eigenvalue weighted by atomic mass is 9.90. The third kappa shape index (κ3) is 8.09. The molecular weight excluding hydrogens is 519 g/mol. The Kier molecular flexibility index (Phi) is 12.5. The van der Waals surface area contributed by atoms with Crippen molar-refractivity contribution in [2.75, 3.05) is 5.32 Å². The number of aromatic nitrogens is 2. The maximum Gasteiger partial charge on any atom is 0.289 e. The fraction of sp³-hybridized carbons (Fsp3) is 0.615. The number of hydrogen-bond donors (Lipinski definition) is 4. The smallest absolute Gasteiger partial charge is 0.289 e. The lowest BCUT2D eigenvalue weighted by Crippen LogP contribution is -2.48. The molecule has 4 N–H and O–H groups in total. The number of amidine groups is 1. The fourth-order valence-corrected chi connectivity index (χ4v) is 5.36. The lowest BCUT2D eigenvalue weighted by molar-refractivity contribution is 0.0923. The molecule has 2 saturated carbocycles. The molecule has 0 radical (unpaired) electrons. The zero-order valence-corrected chi connectivity index (χ0v) is 23.3. The number of amides is 1. The summed E-state index contributed by atoms with van der Waals surface area (Å²) in [6.45, 7) is 2.09. The Morgan fingerprint density at radius 3 is 2.33 bits per heavy atom. The molecule has 200 valence electrons. The zero-order valence-electron chi connectivity index (χ0n) is 20.9. The topological polar surface area (TPSA) is 103 Å². The summed E-state index contributed by atoms with van der Waals surface area (Å²) in [6.07, 6.45) is 12.7. The van der Waals surface area contributed by atoms with Crippen molar-refractivity contribution in [2.45, 2.75) is 102 Å². The van der Waals surface area contributed by atoms with Crippen LogP contribution in [0.4, 0.5) is 5.82 Å². The number of hydrogen-bond acceptors (Lipinski definition) is 5. The van der Waals surface area contributed by atoms with E-state index < -0.39 is 0 Å². The molecule has 36 heavy (non-hydrogen) atoms. The molecule has 0 aliphatic heterocycles. The van der Waals surface area contributed by atoms with Crippen LogP contribution in [0.1, 0.15) is 94.6 Å². The van der Waals surface area contributed by atoms with Crippen molar-refractivity contribution >= 4 is 64.9 Å². The largest absolute Gasteiger partial charge is 0.369 e. The highest BCUT2D eigenvalue weighted by atomic mass is 35.5. The molecule has 1 heterocycles. The van der Waals surface area contributed by atoms with Crippen LogP contribution < -0.4 is 16.0 Å². The first-order chi connectivity index (χ1) is 16.5. The second kappa shape index (κ2) is 14.8. The van der Waals surface area contributed by atoms with E-state index >= 15 is 0 Å². The summed E-state index contributed by atoms with van der Waals surface area (Å²) >= 11 is 6.31. The van der Waals surface area contributed by atoms with Crippen LogP contribution in [0.2, 0.25) is 5.02 Å². The van der Waals surface area contributed by atoms with Crippen molar-refractivity contribution in [3.05, 3.63) is 29.0 Å². The Bertz CT molecular complexity index is 1010. The minimum atomic E-state index is -0.213. The van der Waals surface area contributed by atoms with Gasteiger partial charge in [-0.15, -0.1) is 24.8 Å². The molecule has 2 atom stereocenters. The van der Waals surface area contributed by atoms with E-state index in [1.54, 1.807) is 6.07 Å². The molecule has 0 saturated heterocycles. The van der Waals surface area contributed by atoms with Gasteiger partial charge in [-0.1, -0.05) is 57.0 Å². The van der Waals surface area contributed by atoms with Gasteiger partial charge in [0.25, 0.3) is 5.91 Å². The fourth-order valence-electron chi connectivity index (χ4n) is 5.18. The zero-order chi connectivity index (χ0) is 23.9. The van der Waals surface area contributed by atoms with E-state index in [-0.39, 0.29) is 54.7 Å². The van der Waals surface area contributed by atoms with Crippen molar-refractivity contribution in [1.82, 2.24) is 20.6 Å². The van der Waals surface area contributed by atoms with Crippen LogP contribution in [0.5, 0.6) is 0 Å². The van der Waals surface area contributed by atoms with Crippen molar-refractivity contribution < 1.29 is 4.79 Å². The molecule has 2 aliphatic carbocycles. The standard InChI is InChI=1S/C26H37ClN6O.2ClH/c1-2-9-23(28)30-21-12-7-8-13-22(21)32-24-19-16-17(27)14-15-20(19)31-25(33-24)26(34)29-18-10-5-3-4-6-11-18;;/h14-16,18,21-22H,2-13H2,1H3,(H2,28,30)(H,29,34)(H,31,32,33);2*1H/t21-,22+;;/m1../s1. The Balaban J connectivity index is 0.00000228. The predicted molar refractivity (Wildman–Crippen MR) is 153 cm³/mol. The minimum absolute atomic E-state index is 0. The normalized spacial score (nSPS) is 20.4. The van der Waals surface area contributed by atoms with E-state index in [1.165, 1.54) is 12.8 Å². The average Bonchev–Trinajstić information content (AvgIpc) is 3.09. The van der Waals surface area contributed by atoms with E-state index in [0.717, 1.165) is 69.6 Å². The van der Waals surface area contributed by atoms with Crippen LogP contribution in [-0.2, 0) is 0 Å². The van der Waals surface area contributed by atoms with Gasteiger partial charge in [-0.2, -0.15) is 0 Å². The van der Waals surface area contributed by atoms with E-state index in [0.29, 0.717) is 22.2 Å². The van der Waals surface area contributed by atoms with E-state index in [1.807, 2.05) is 12.1 Å². The first-order valence-corrected chi connectivity index (χ1v) is 13.3. The Morgan fingerprint density at radius 1 is 0.972 bits per heavy atom. The number of benzene rings is 1. The van der Waals surface area contributed by atoms with Gasteiger partial charge in [0.05, 0.1) is 11.4 Å². The summed E-state index contributed by atoms with van der Waals surface area (Å²) in [5, 5.41) is 19.9. The Hall–Kier alpha value is -1.83. The van der Waals surface area contributed by atoms with Gasteiger partial charge in [-0.25, -0.2) is 9.97 Å². The summed E-state index contributed by atoms with van der Waals surface area (Å²) in [5.74, 6) is 1.20. The third-order valence-electron chi connectivity index (χ3n) is 7.00. The highest BCUT2D eigenvalue weighted by molar-refractivity contribution is 6.31. The van der Waals surface area contributed by atoms with E-state index in [4.69, 9.17) is 22.0 Å². The molecular formula is C26H39Cl3N6O. The summed E-state index contributed by atoms with van der Waals surface area (Å²) in [5.41, 5.74) is 0.701. The van der Waals surface area contributed by atoms with Gasteiger partial charge in [0.15, 0.2) is 0 Å². The Morgan fingerprint density at radius 2 is 1.64 bits per heavy atom. The minimum Gasteiger partial charge on any atom is -0.369 e. The number of nitrogens with zero attached hydrogens (tertiary/aromatic N) is 2. The molecule has 1 aromatic carbocycles. The van der Waals surface area contributed by atoms with E-state index in [9.17, 15) is 4.79 Å². The van der Waals surface area contributed by atoms with Crippen LogP contribution in [0.3, 0.4) is 0 Å². The first kappa shape index (κ1) is 30.4. The number of anilines is 1. The van der Waals surface area contributed by atoms with Gasteiger partial charge in [0, 0.05) is 35.0 Å². The van der Waals surface area contributed by atoms with Crippen molar-refractivity contribution in [3.63, 3.8) is 0 Å². The van der Waals surface area contributed by atoms with Crippen LogP contribution in [0.15, 0.2) is 18.2 Å². The Labute approximate surface area is 231 Å². The molecule has 7 nitrogen and oxygen atoms in total. The summed E-state index contributed by atoms with van der Waals surface area (Å²) in [4.78, 5) is 22.4. The van der Waals surface area contributed by atoms with Crippen molar-refractivity contribution in [3.8, 4) is 0 Å². The third-order valence-corrected chi connectivity index (χ3v) is 7.23. The summed E-state index contributed by atoms with van der Waals surface area (Å²) in [6, 6.07) is 5.95. The van der Waals surface area contributed by atoms with Gasteiger partial charge in [0.2, 0.25) is 5.82 Å². The number of halogens is 3. The van der Waals surface area contributed by atoms with Crippen LogP contribution in [-0.4, -0.2) is 39.8 Å². The quantitative estimate of drug-likeness (QED) is 0.173. The van der Waals surface area contributed by atoms with Crippen molar-refractivity contribution in [2.24, 2.45) is 0 Å². The van der Waals surface area contributed by atoms with Gasteiger partial charge in [-0.05, 0) is 50.3 Å². The van der Waals surface area contributed by atoms with Gasteiger partial charge in [-0.3, -0.25) is 10.2 Å². The number of carbonyl (C=O) groups is 1. The monoisotopic (exact) mass is 556 g/mol. The first-order valence-electron chi connectivity index (χ1n) is 12.9. The van der Waals surface area contributed by atoms with E-state index in [2.05, 4.69) is 27.9 Å². The maximum absolute atomic E-state index is 13.1. The molecule has 1 aromatic heterocycles. The second-order valence-electron chi connectivity index (χ2n) is 9.73.